The number of benzene rings is 2. The monoisotopic (exact) mass is 420 g/mol. The van der Waals surface area contributed by atoms with Gasteiger partial charge in [0.25, 0.3) is 5.91 Å². The lowest BCUT2D eigenvalue weighted by Crippen LogP contribution is -2.34. The molecular weight excluding hydrogens is 400 g/mol. The van der Waals surface area contributed by atoms with E-state index >= 15 is 0 Å². The number of aryl methyl sites for hydroxylation is 1. The van der Waals surface area contributed by atoms with Gasteiger partial charge in [-0.25, -0.2) is 0 Å². The minimum atomic E-state index is -0.282. The fourth-order valence-electron chi connectivity index (χ4n) is 2.04. The summed E-state index contributed by atoms with van der Waals surface area (Å²) >= 11 is 8.70. The Morgan fingerprint density at radius 2 is 2.00 bits per heavy atom. The van der Waals surface area contributed by atoms with Crippen LogP contribution in [0.3, 0.4) is 0 Å². The number of carbonyl (C=O) groups is 1. The summed E-state index contributed by atoms with van der Waals surface area (Å²) in [6, 6.07) is 12.9. The van der Waals surface area contributed by atoms with Crippen LogP contribution in [0.25, 0.3) is 0 Å². The molecule has 0 aliphatic heterocycles. The number of ether oxygens (including phenoxy) is 1. The molecule has 2 rings (SSSR count). The predicted molar refractivity (Wildman–Crippen MR) is 109 cm³/mol. The maximum atomic E-state index is 12.4. The molecule has 2 aromatic rings. The molecule has 0 aliphatic carbocycles. The van der Waals surface area contributed by atoms with Crippen molar-refractivity contribution in [1.29, 1.82) is 0 Å². The molecule has 0 saturated carbocycles. The first-order valence-corrected chi connectivity index (χ1v) is 9.16. The second-order valence-corrected chi connectivity index (χ2v) is 7.39. The van der Waals surface area contributed by atoms with E-state index < -0.39 is 0 Å². The minimum absolute atomic E-state index is 0.239. The van der Waals surface area contributed by atoms with Gasteiger partial charge >= 0.3 is 0 Å². The Morgan fingerprint density at radius 1 is 1.24 bits per heavy atom. The van der Waals surface area contributed by atoms with Crippen molar-refractivity contribution >= 4 is 44.9 Å². The number of nitrogens with one attached hydrogen (secondary N) is 2. The van der Waals surface area contributed by atoms with Gasteiger partial charge in [0.1, 0.15) is 5.75 Å². The van der Waals surface area contributed by atoms with Gasteiger partial charge in [0, 0.05) is 10.0 Å². The number of halogens is 1. The van der Waals surface area contributed by atoms with Gasteiger partial charge in [0.2, 0.25) is 0 Å². The molecule has 1 amide bonds. The Balaban J connectivity index is 1.99. The molecular formula is C19H21BrN2O2S. The molecule has 25 heavy (non-hydrogen) atoms. The van der Waals surface area contributed by atoms with Crippen molar-refractivity contribution in [3.8, 4) is 5.75 Å². The molecule has 2 aromatic carbocycles. The van der Waals surface area contributed by atoms with Crippen LogP contribution in [0.1, 0.15) is 29.8 Å². The standard InChI is InChI=1S/C19H21BrN2O2S/c1-12(2)11-24-15-6-4-5-14(10-15)18(23)22-19(25)21-17-8-7-13(3)9-16(17)20/h4-10,12H,11H2,1-3H3,(H2,21,22,23,25). The SMILES string of the molecule is Cc1ccc(NC(=S)NC(=O)c2cccc(OCC(C)C)c2)c(Br)c1. The Kier molecular flexibility index (Phi) is 6.96. The van der Waals surface area contributed by atoms with Crippen LogP contribution >= 0.6 is 28.1 Å². The normalized spacial score (nSPS) is 10.4. The lowest BCUT2D eigenvalue weighted by molar-refractivity contribution is 0.0977. The highest BCUT2D eigenvalue weighted by molar-refractivity contribution is 9.10. The zero-order chi connectivity index (χ0) is 18.4. The molecule has 0 bridgehead atoms. The molecule has 2 N–H and O–H groups in total. The summed E-state index contributed by atoms with van der Waals surface area (Å²) in [5.74, 6) is 0.805. The smallest absolute Gasteiger partial charge is 0.257 e. The van der Waals surface area contributed by atoms with Crippen LogP contribution in [0.15, 0.2) is 46.9 Å². The second kappa shape index (κ2) is 8.97. The first-order valence-electron chi connectivity index (χ1n) is 7.96. The maximum absolute atomic E-state index is 12.4. The summed E-state index contributed by atoms with van der Waals surface area (Å²) in [7, 11) is 0. The van der Waals surface area contributed by atoms with Crippen LogP contribution in [0.2, 0.25) is 0 Å². The Hall–Kier alpha value is -1.92. The molecule has 0 fully saturated rings. The van der Waals surface area contributed by atoms with Gasteiger partial charge in [0.05, 0.1) is 12.3 Å². The molecule has 0 aromatic heterocycles. The van der Waals surface area contributed by atoms with E-state index in [-0.39, 0.29) is 11.0 Å². The maximum Gasteiger partial charge on any atom is 0.257 e. The summed E-state index contributed by atoms with van der Waals surface area (Å²) in [5, 5.41) is 5.94. The quantitative estimate of drug-likeness (QED) is 0.673. The number of thiocarbonyl (C=S) groups is 1. The zero-order valence-electron chi connectivity index (χ0n) is 14.4. The third kappa shape index (κ3) is 6.14. The van der Waals surface area contributed by atoms with Crippen LogP contribution in [-0.4, -0.2) is 17.6 Å². The van der Waals surface area contributed by atoms with E-state index in [0.29, 0.717) is 23.8 Å². The Bertz CT molecular complexity index is 778. The molecule has 0 atom stereocenters. The fraction of sp³-hybridized carbons (Fsp3) is 0.263. The summed E-state index contributed by atoms with van der Waals surface area (Å²) in [6.07, 6.45) is 0. The van der Waals surface area contributed by atoms with Gasteiger partial charge in [-0.15, -0.1) is 0 Å². The van der Waals surface area contributed by atoms with Crippen molar-refractivity contribution in [3.05, 3.63) is 58.1 Å². The van der Waals surface area contributed by atoms with Gasteiger partial charge in [-0.05, 0) is 76.9 Å². The highest BCUT2D eigenvalue weighted by atomic mass is 79.9. The van der Waals surface area contributed by atoms with Crippen molar-refractivity contribution in [2.24, 2.45) is 5.92 Å². The Labute approximate surface area is 162 Å². The van der Waals surface area contributed by atoms with E-state index in [4.69, 9.17) is 17.0 Å². The third-order valence-electron chi connectivity index (χ3n) is 3.28. The summed E-state index contributed by atoms with van der Waals surface area (Å²) in [6.45, 7) is 6.75. The first-order chi connectivity index (χ1) is 11.8. The van der Waals surface area contributed by atoms with E-state index in [2.05, 4.69) is 40.4 Å². The summed E-state index contributed by atoms with van der Waals surface area (Å²) < 4.78 is 6.53. The van der Waals surface area contributed by atoms with Gasteiger partial charge < -0.3 is 10.1 Å². The van der Waals surface area contributed by atoms with Crippen LogP contribution in [0.5, 0.6) is 5.75 Å². The zero-order valence-corrected chi connectivity index (χ0v) is 16.8. The van der Waals surface area contributed by atoms with Crippen molar-refractivity contribution in [2.75, 3.05) is 11.9 Å². The van der Waals surface area contributed by atoms with Crippen molar-refractivity contribution < 1.29 is 9.53 Å². The average Bonchev–Trinajstić information content (AvgIpc) is 2.56. The minimum Gasteiger partial charge on any atom is -0.493 e. The van der Waals surface area contributed by atoms with Crippen LogP contribution in [0, 0.1) is 12.8 Å². The fourth-order valence-corrected chi connectivity index (χ4v) is 2.84. The van der Waals surface area contributed by atoms with E-state index in [1.165, 1.54) is 0 Å². The highest BCUT2D eigenvalue weighted by Crippen LogP contribution is 2.23. The van der Waals surface area contributed by atoms with Gasteiger partial charge in [0.15, 0.2) is 5.11 Å². The summed E-state index contributed by atoms with van der Waals surface area (Å²) in [5.41, 5.74) is 2.42. The average molecular weight is 421 g/mol. The second-order valence-electron chi connectivity index (χ2n) is 6.12. The number of hydrogen-bond donors (Lipinski definition) is 2. The van der Waals surface area contributed by atoms with Crippen LogP contribution in [-0.2, 0) is 0 Å². The molecule has 0 saturated heterocycles. The van der Waals surface area contributed by atoms with Gasteiger partial charge in [-0.1, -0.05) is 26.0 Å². The lowest BCUT2D eigenvalue weighted by atomic mass is 10.2. The number of carbonyl (C=O) groups excluding carboxylic acids is 1. The van der Waals surface area contributed by atoms with Crippen molar-refractivity contribution in [1.82, 2.24) is 5.32 Å². The number of hydrogen-bond acceptors (Lipinski definition) is 3. The van der Waals surface area contributed by atoms with Crippen molar-refractivity contribution in [2.45, 2.75) is 20.8 Å². The lowest BCUT2D eigenvalue weighted by Gasteiger charge is -2.12. The van der Waals surface area contributed by atoms with Gasteiger partial charge in [-0.2, -0.15) is 0 Å². The number of anilines is 1. The van der Waals surface area contributed by atoms with E-state index in [1.54, 1.807) is 18.2 Å². The molecule has 0 spiro atoms. The molecule has 6 heteroatoms. The van der Waals surface area contributed by atoms with E-state index in [9.17, 15) is 4.79 Å². The van der Waals surface area contributed by atoms with Crippen LogP contribution in [0.4, 0.5) is 5.69 Å². The number of amides is 1. The molecule has 0 aliphatic rings. The highest BCUT2D eigenvalue weighted by Gasteiger charge is 2.10. The predicted octanol–water partition coefficient (Wildman–Crippen LogP) is 4.92. The van der Waals surface area contributed by atoms with Crippen molar-refractivity contribution in [3.63, 3.8) is 0 Å². The third-order valence-corrected chi connectivity index (χ3v) is 4.14. The summed E-state index contributed by atoms with van der Waals surface area (Å²) in [4.78, 5) is 12.4. The largest absolute Gasteiger partial charge is 0.493 e. The molecule has 0 unspecified atom stereocenters. The van der Waals surface area contributed by atoms with Crippen LogP contribution < -0.4 is 15.4 Å². The first kappa shape index (κ1) is 19.4. The number of rotatable bonds is 5. The topological polar surface area (TPSA) is 50.4 Å². The molecule has 0 radical (unpaired) electrons. The molecule has 4 nitrogen and oxygen atoms in total. The van der Waals surface area contributed by atoms with E-state index in [1.807, 2.05) is 31.2 Å². The van der Waals surface area contributed by atoms with E-state index in [0.717, 1.165) is 15.7 Å². The molecule has 0 heterocycles. The Morgan fingerprint density at radius 3 is 2.68 bits per heavy atom. The molecule has 132 valence electrons. The van der Waals surface area contributed by atoms with Gasteiger partial charge in [-0.3, -0.25) is 10.1 Å².